The van der Waals surface area contributed by atoms with Crippen LogP contribution in [0.3, 0.4) is 0 Å². The Labute approximate surface area is 141 Å². The predicted octanol–water partition coefficient (Wildman–Crippen LogP) is 3.67. The summed E-state index contributed by atoms with van der Waals surface area (Å²) in [6, 6.07) is 3.41. The van der Waals surface area contributed by atoms with Crippen LogP contribution in [0.2, 0.25) is 4.34 Å². The van der Waals surface area contributed by atoms with Crippen LogP contribution in [0.5, 0.6) is 0 Å². The number of aromatic carboxylic acids is 1. The molecule has 1 amide bonds. The topological polar surface area (TPSA) is 79.3 Å². The van der Waals surface area contributed by atoms with Gasteiger partial charge in [0.2, 0.25) is 5.91 Å². The molecule has 0 aliphatic carbocycles. The average molecular weight is 359 g/mol. The Kier molecular flexibility index (Phi) is 5.55. The fraction of sp³-hybridized carbons (Fsp3) is 0.357. The van der Waals surface area contributed by atoms with Gasteiger partial charge in [-0.05, 0) is 32.4 Å². The van der Waals surface area contributed by atoms with Crippen LogP contribution in [0.1, 0.15) is 44.6 Å². The number of amides is 1. The number of nitrogens with one attached hydrogen (secondary N) is 1. The molecule has 2 aromatic heterocycles. The van der Waals surface area contributed by atoms with Gasteiger partial charge >= 0.3 is 5.97 Å². The third kappa shape index (κ3) is 4.28. The summed E-state index contributed by atoms with van der Waals surface area (Å²) in [7, 11) is 0. The molecule has 2 N–H and O–H groups in total. The summed E-state index contributed by atoms with van der Waals surface area (Å²) >= 11 is 8.40. The van der Waals surface area contributed by atoms with E-state index in [0.717, 1.165) is 16.2 Å². The number of hydrogen-bond acceptors (Lipinski definition) is 5. The van der Waals surface area contributed by atoms with Crippen LogP contribution in [-0.2, 0) is 11.2 Å². The van der Waals surface area contributed by atoms with E-state index in [-0.39, 0.29) is 16.8 Å². The molecule has 0 aliphatic rings. The van der Waals surface area contributed by atoms with Crippen molar-refractivity contribution in [2.75, 3.05) is 0 Å². The van der Waals surface area contributed by atoms with Crippen LogP contribution < -0.4 is 5.32 Å². The molecule has 0 saturated carbocycles. The fourth-order valence-electron chi connectivity index (χ4n) is 1.90. The minimum absolute atomic E-state index is 0.0956. The number of aromatic nitrogens is 1. The molecular weight excluding hydrogens is 344 g/mol. The summed E-state index contributed by atoms with van der Waals surface area (Å²) in [6.07, 6.45) is 0.991. The van der Waals surface area contributed by atoms with Gasteiger partial charge in [-0.15, -0.1) is 22.7 Å². The van der Waals surface area contributed by atoms with E-state index in [0.29, 0.717) is 27.9 Å². The summed E-state index contributed by atoms with van der Waals surface area (Å²) in [6.45, 7) is 3.45. The fourth-order valence-corrected chi connectivity index (χ4v) is 3.89. The Morgan fingerprint density at radius 1 is 1.41 bits per heavy atom. The summed E-state index contributed by atoms with van der Waals surface area (Å²) in [5.74, 6) is -1.09. The predicted molar refractivity (Wildman–Crippen MR) is 88.0 cm³/mol. The quantitative estimate of drug-likeness (QED) is 0.825. The highest BCUT2D eigenvalue weighted by Crippen LogP contribution is 2.24. The largest absolute Gasteiger partial charge is 0.477 e. The van der Waals surface area contributed by atoms with Gasteiger partial charge in [-0.1, -0.05) is 11.6 Å². The molecule has 22 heavy (non-hydrogen) atoms. The zero-order valence-electron chi connectivity index (χ0n) is 12.1. The smallest absolute Gasteiger partial charge is 0.347 e. The Hall–Kier alpha value is -1.44. The molecular formula is C14H15ClN2O3S2. The van der Waals surface area contributed by atoms with Crippen LogP contribution in [0.25, 0.3) is 0 Å². The van der Waals surface area contributed by atoms with Gasteiger partial charge in [0, 0.05) is 11.3 Å². The maximum atomic E-state index is 12.0. The first-order chi connectivity index (χ1) is 10.4. The molecule has 0 saturated heterocycles. The molecule has 2 rings (SSSR count). The lowest BCUT2D eigenvalue weighted by molar-refractivity contribution is -0.121. The lowest BCUT2D eigenvalue weighted by Gasteiger charge is -2.10. The first-order valence-electron chi connectivity index (χ1n) is 6.61. The number of thiophene rings is 1. The molecule has 8 heteroatoms. The van der Waals surface area contributed by atoms with E-state index >= 15 is 0 Å². The zero-order chi connectivity index (χ0) is 16.3. The van der Waals surface area contributed by atoms with Crippen molar-refractivity contribution in [1.29, 1.82) is 0 Å². The van der Waals surface area contributed by atoms with E-state index < -0.39 is 5.97 Å². The van der Waals surface area contributed by atoms with E-state index in [1.807, 2.05) is 12.1 Å². The van der Waals surface area contributed by atoms with Crippen molar-refractivity contribution in [3.8, 4) is 0 Å². The number of thiazole rings is 1. The van der Waals surface area contributed by atoms with Crippen molar-refractivity contribution in [2.24, 2.45) is 0 Å². The van der Waals surface area contributed by atoms with Crippen LogP contribution >= 0.6 is 34.3 Å². The summed E-state index contributed by atoms with van der Waals surface area (Å²) < 4.78 is 0.711. The van der Waals surface area contributed by atoms with E-state index in [9.17, 15) is 9.59 Å². The maximum Gasteiger partial charge on any atom is 0.347 e. The lowest BCUT2D eigenvalue weighted by Crippen LogP contribution is -2.26. The number of carboxylic acids is 1. The second-order valence-electron chi connectivity index (χ2n) is 4.77. The molecule has 1 atom stereocenters. The Balaban J connectivity index is 1.90. The Bertz CT molecular complexity index is 696. The van der Waals surface area contributed by atoms with Crippen molar-refractivity contribution in [2.45, 2.75) is 32.7 Å². The first kappa shape index (κ1) is 16.9. The van der Waals surface area contributed by atoms with Gasteiger partial charge in [-0.2, -0.15) is 0 Å². The van der Waals surface area contributed by atoms with Crippen LogP contribution in [0, 0.1) is 6.92 Å². The van der Waals surface area contributed by atoms with E-state index in [4.69, 9.17) is 16.7 Å². The number of aryl methyl sites for hydroxylation is 2. The lowest BCUT2D eigenvalue weighted by atomic mass is 10.2. The van der Waals surface area contributed by atoms with Crippen LogP contribution in [0.4, 0.5) is 0 Å². The number of hydrogen-bond donors (Lipinski definition) is 2. The third-order valence-corrected chi connectivity index (χ3v) is 5.60. The van der Waals surface area contributed by atoms with Gasteiger partial charge in [-0.3, -0.25) is 4.79 Å². The SMILES string of the molecule is Cc1nc(C(C)NC(=O)CCc2ccc(Cl)s2)sc1C(=O)O. The summed E-state index contributed by atoms with van der Waals surface area (Å²) in [4.78, 5) is 28.5. The van der Waals surface area contributed by atoms with Crippen molar-refractivity contribution in [3.63, 3.8) is 0 Å². The summed E-state index contributed by atoms with van der Waals surface area (Å²) in [5, 5.41) is 12.5. The Morgan fingerprint density at radius 3 is 2.68 bits per heavy atom. The minimum Gasteiger partial charge on any atom is -0.477 e. The standard InChI is InChI=1S/C14H15ClN2O3S2/c1-7-12(14(19)20)22-13(17-7)8(2)16-11(18)6-4-9-3-5-10(15)21-9/h3,5,8H,4,6H2,1-2H3,(H,16,18)(H,19,20). The van der Waals surface area contributed by atoms with Crippen molar-refractivity contribution >= 4 is 46.2 Å². The number of nitrogens with zero attached hydrogens (tertiary/aromatic N) is 1. The zero-order valence-corrected chi connectivity index (χ0v) is 14.4. The molecule has 5 nitrogen and oxygen atoms in total. The third-order valence-electron chi connectivity index (χ3n) is 2.98. The van der Waals surface area contributed by atoms with Gasteiger partial charge in [0.25, 0.3) is 0 Å². The average Bonchev–Trinajstić information content (AvgIpc) is 3.02. The van der Waals surface area contributed by atoms with Crippen molar-refractivity contribution < 1.29 is 14.7 Å². The molecule has 0 radical (unpaired) electrons. The van der Waals surface area contributed by atoms with Gasteiger partial charge in [0.15, 0.2) is 0 Å². The normalized spacial score (nSPS) is 12.1. The Morgan fingerprint density at radius 2 is 2.14 bits per heavy atom. The molecule has 0 spiro atoms. The molecule has 1 unspecified atom stereocenters. The molecule has 2 heterocycles. The van der Waals surface area contributed by atoms with Crippen LogP contribution in [-0.4, -0.2) is 22.0 Å². The van der Waals surface area contributed by atoms with Gasteiger partial charge in [0.1, 0.15) is 9.88 Å². The molecule has 0 bridgehead atoms. The molecule has 2 aromatic rings. The van der Waals surface area contributed by atoms with E-state index in [2.05, 4.69) is 10.3 Å². The highest BCUT2D eigenvalue weighted by molar-refractivity contribution is 7.16. The highest BCUT2D eigenvalue weighted by Gasteiger charge is 2.19. The molecule has 0 aliphatic heterocycles. The van der Waals surface area contributed by atoms with Gasteiger partial charge < -0.3 is 10.4 Å². The first-order valence-corrected chi connectivity index (χ1v) is 8.62. The van der Waals surface area contributed by atoms with Crippen molar-refractivity contribution in [3.05, 3.63) is 36.9 Å². The maximum absolute atomic E-state index is 12.0. The van der Waals surface area contributed by atoms with Crippen LogP contribution in [0.15, 0.2) is 12.1 Å². The minimum atomic E-state index is -0.991. The van der Waals surface area contributed by atoms with Gasteiger partial charge in [-0.25, -0.2) is 9.78 Å². The monoisotopic (exact) mass is 358 g/mol. The number of rotatable bonds is 6. The number of carbonyl (C=O) groups is 2. The van der Waals surface area contributed by atoms with E-state index in [1.165, 1.54) is 11.3 Å². The summed E-state index contributed by atoms with van der Waals surface area (Å²) in [5.41, 5.74) is 0.474. The number of carboxylic acid groups (broad SMARTS) is 1. The van der Waals surface area contributed by atoms with Gasteiger partial charge in [0.05, 0.1) is 16.1 Å². The second-order valence-corrected chi connectivity index (χ2v) is 7.60. The van der Waals surface area contributed by atoms with Crippen molar-refractivity contribution in [1.82, 2.24) is 10.3 Å². The molecule has 0 fully saturated rings. The number of carbonyl (C=O) groups excluding carboxylic acids is 1. The molecule has 0 aromatic carbocycles. The van der Waals surface area contributed by atoms with E-state index in [1.54, 1.807) is 13.8 Å². The molecule has 118 valence electrons. The number of halogens is 1. The second kappa shape index (κ2) is 7.21. The highest BCUT2D eigenvalue weighted by atomic mass is 35.5.